The predicted molar refractivity (Wildman–Crippen MR) is 77.7 cm³/mol. The summed E-state index contributed by atoms with van der Waals surface area (Å²) in [6.45, 7) is 8.21. The molecule has 19 heavy (non-hydrogen) atoms. The van der Waals surface area contributed by atoms with Gasteiger partial charge in [0.05, 0.1) is 12.7 Å². The number of benzene rings is 1. The predicted octanol–water partition coefficient (Wildman–Crippen LogP) is 3.22. The van der Waals surface area contributed by atoms with E-state index in [1.54, 1.807) is 7.11 Å². The Hall–Kier alpha value is -1.06. The molecule has 0 bridgehead atoms. The van der Waals surface area contributed by atoms with E-state index < -0.39 is 0 Å². The molecular weight excluding hydrogens is 238 g/mol. The lowest BCUT2D eigenvalue weighted by molar-refractivity contribution is 0.0190. The number of methoxy groups -OCH3 is 1. The van der Waals surface area contributed by atoms with Crippen molar-refractivity contribution in [1.82, 2.24) is 5.32 Å². The normalized spacial score (nSPS) is 24.4. The van der Waals surface area contributed by atoms with Crippen LogP contribution in [0.4, 0.5) is 0 Å². The van der Waals surface area contributed by atoms with E-state index in [4.69, 9.17) is 9.47 Å². The first-order valence-electron chi connectivity index (χ1n) is 7.06. The first-order chi connectivity index (χ1) is 9.04. The molecule has 1 aliphatic heterocycles. The van der Waals surface area contributed by atoms with Crippen molar-refractivity contribution in [3.63, 3.8) is 0 Å². The fourth-order valence-corrected chi connectivity index (χ4v) is 2.63. The zero-order valence-corrected chi connectivity index (χ0v) is 12.5. The van der Waals surface area contributed by atoms with E-state index >= 15 is 0 Å². The summed E-state index contributed by atoms with van der Waals surface area (Å²) in [5.74, 6) is 0.956. The lowest BCUT2D eigenvalue weighted by Gasteiger charge is -2.26. The molecule has 0 aliphatic carbocycles. The van der Waals surface area contributed by atoms with Crippen LogP contribution in [0.15, 0.2) is 18.2 Å². The van der Waals surface area contributed by atoms with Crippen LogP contribution in [0.5, 0.6) is 5.75 Å². The molecule has 1 fully saturated rings. The Balaban J connectivity index is 2.01. The molecule has 1 saturated heterocycles. The Morgan fingerprint density at radius 3 is 2.89 bits per heavy atom. The highest BCUT2D eigenvalue weighted by Crippen LogP contribution is 2.28. The number of ether oxygens (including phenoxy) is 2. The fourth-order valence-electron chi connectivity index (χ4n) is 2.63. The molecule has 2 unspecified atom stereocenters. The summed E-state index contributed by atoms with van der Waals surface area (Å²) in [6.07, 6.45) is 2.30. The molecule has 3 heteroatoms. The Morgan fingerprint density at radius 2 is 2.26 bits per heavy atom. The highest BCUT2D eigenvalue weighted by atomic mass is 16.5. The molecule has 106 valence electrons. The second-order valence-electron chi connectivity index (χ2n) is 5.75. The van der Waals surface area contributed by atoms with Crippen LogP contribution in [-0.4, -0.2) is 25.9 Å². The van der Waals surface area contributed by atoms with Gasteiger partial charge >= 0.3 is 0 Å². The van der Waals surface area contributed by atoms with Gasteiger partial charge in [-0.15, -0.1) is 0 Å². The van der Waals surface area contributed by atoms with Crippen LogP contribution in [0.2, 0.25) is 0 Å². The van der Waals surface area contributed by atoms with Gasteiger partial charge in [-0.05, 0) is 45.2 Å². The average Bonchev–Trinajstić information content (AvgIpc) is 2.83. The minimum Gasteiger partial charge on any atom is -0.496 e. The Morgan fingerprint density at radius 1 is 1.47 bits per heavy atom. The Kier molecular flexibility index (Phi) is 4.48. The monoisotopic (exact) mass is 263 g/mol. The summed E-state index contributed by atoms with van der Waals surface area (Å²) in [5, 5.41) is 3.57. The number of rotatable bonds is 5. The van der Waals surface area contributed by atoms with Crippen molar-refractivity contribution < 1.29 is 9.47 Å². The highest BCUT2D eigenvalue weighted by Gasteiger charge is 2.30. The highest BCUT2D eigenvalue weighted by molar-refractivity contribution is 5.39. The molecule has 3 nitrogen and oxygen atoms in total. The van der Waals surface area contributed by atoms with Gasteiger partial charge in [-0.2, -0.15) is 0 Å². The summed E-state index contributed by atoms with van der Waals surface area (Å²) in [6, 6.07) is 6.62. The Labute approximate surface area is 116 Å². The third-order valence-electron chi connectivity index (χ3n) is 3.94. The first kappa shape index (κ1) is 14.4. The molecule has 1 heterocycles. The lowest BCUT2D eigenvalue weighted by Crippen LogP contribution is -2.38. The number of hydrogen-bond donors (Lipinski definition) is 1. The fraction of sp³-hybridized carbons (Fsp3) is 0.625. The third-order valence-corrected chi connectivity index (χ3v) is 3.94. The maximum absolute atomic E-state index is 5.81. The quantitative estimate of drug-likeness (QED) is 0.884. The van der Waals surface area contributed by atoms with E-state index in [1.165, 1.54) is 17.5 Å². The minimum absolute atomic E-state index is 0.00775. The van der Waals surface area contributed by atoms with Crippen LogP contribution in [0.25, 0.3) is 0 Å². The first-order valence-corrected chi connectivity index (χ1v) is 7.06. The molecule has 0 aromatic heterocycles. The standard InChI is InChI=1S/C16H25NO2/c1-12-6-7-14(15(10-12)18-4)13(2)17-11-16(3)8-5-9-19-16/h6-7,10,13,17H,5,8-9,11H2,1-4H3. The zero-order chi connectivity index (χ0) is 13.9. The van der Waals surface area contributed by atoms with E-state index in [1.807, 2.05) is 0 Å². The summed E-state index contributed by atoms with van der Waals surface area (Å²) in [5.41, 5.74) is 2.42. The van der Waals surface area contributed by atoms with Crippen molar-refractivity contribution in [1.29, 1.82) is 0 Å². The van der Waals surface area contributed by atoms with Crippen LogP contribution in [-0.2, 0) is 4.74 Å². The van der Waals surface area contributed by atoms with Gasteiger partial charge in [0, 0.05) is 24.8 Å². The van der Waals surface area contributed by atoms with E-state index in [0.29, 0.717) is 0 Å². The minimum atomic E-state index is -0.00775. The van der Waals surface area contributed by atoms with Crippen molar-refractivity contribution in [2.75, 3.05) is 20.3 Å². The largest absolute Gasteiger partial charge is 0.496 e. The Bertz CT molecular complexity index is 425. The van der Waals surface area contributed by atoms with Gasteiger partial charge in [0.1, 0.15) is 5.75 Å². The second-order valence-corrected chi connectivity index (χ2v) is 5.75. The molecule has 1 aliphatic rings. The number of aryl methyl sites for hydroxylation is 1. The molecule has 0 radical (unpaired) electrons. The molecule has 0 saturated carbocycles. The maximum atomic E-state index is 5.81. The van der Waals surface area contributed by atoms with Gasteiger partial charge in [0.15, 0.2) is 0 Å². The molecule has 1 aromatic rings. The molecule has 1 aromatic carbocycles. The molecule has 0 amide bonds. The van der Waals surface area contributed by atoms with Crippen molar-refractivity contribution >= 4 is 0 Å². The van der Waals surface area contributed by atoms with Gasteiger partial charge in [-0.3, -0.25) is 0 Å². The average molecular weight is 263 g/mol. The van der Waals surface area contributed by atoms with Gasteiger partial charge < -0.3 is 14.8 Å². The molecule has 2 rings (SSSR count). The van der Waals surface area contributed by atoms with Gasteiger partial charge in [-0.1, -0.05) is 12.1 Å². The van der Waals surface area contributed by atoms with E-state index in [-0.39, 0.29) is 11.6 Å². The van der Waals surface area contributed by atoms with Crippen molar-refractivity contribution in [3.8, 4) is 5.75 Å². The van der Waals surface area contributed by atoms with Crippen molar-refractivity contribution in [3.05, 3.63) is 29.3 Å². The molecule has 2 atom stereocenters. The molecular formula is C16H25NO2. The number of hydrogen-bond acceptors (Lipinski definition) is 3. The number of nitrogens with one attached hydrogen (secondary N) is 1. The molecule has 0 spiro atoms. The van der Waals surface area contributed by atoms with Crippen LogP contribution in [0.1, 0.15) is 43.9 Å². The van der Waals surface area contributed by atoms with Gasteiger partial charge in [-0.25, -0.2) is 0 Å². The summed E-state index contributed by atoms with van der Waals surface area (Å²) >= 11 is 0. The third kappa shape index (κ3) is 3.48. The van der Waals surface area contributed by atoms with Crippen LogP contribution in [0, 0.1) is 6.92 Å². The smallest absolute Gasteiger partial charge is 0.123 e. The van der Waals surface area contributed by atoms with Crippen LogP contribution < -0.4 is 10.1 Å². The van der Waals surface area contributed by atoms with E-state index in [2.05, 4.69) is 44.3 Å². The summed E-state index contributed by atoms with van der Waals surface area (Å²) < 4.78 is 11.3. The SMILES string of the molecule is COc1cc(C)ccc1C(C)NCC1(C)CCCO1. The summed E-state index contributed by atoms with van der Waals surface area (Å²) in [4.78, 5) is 0. The summed E-state index contributed by atoms with van der Waals surface area (Å²) in [7, 11) is 1.73. The van der Waals surface area contributed by atoms with Crippen molar-refractivity contribution in [2.24, 2.45) is 0 Å². The zero-order valence-electron chi connectivity index (χ0n) is 12.5. The molecule has 1 N–H and O–H groups in total. The second kappa shape index (κ2) is 5.93. The van der Waals surface area contributed by atoms with Gasteiger partial charge in [0.25, 0.3) is 0 Å². The van der Waals surface area contributed by atoms with Crippen molar-refractivity contribution in [2.45, 2.75) is 45.3 Å². The van der Waals surface area contributed by atoms with E-state index in [9.17, 15) is 0 Å². The maximum Gasteiger partial charge on any atom is 0.123 e. The van der Waals surface area contributed by atoms with Crippen LogP contribution >= 0.6 is 0 Å². The van der Waals surface area contributed by atoms with Gasteiger partial charge in [0.2, 0.25) is 0 Å². The topological polar surface area (TPSA) is 30.5 Å². The lowest BCUT2D eigenvalue weighted by atomic mass is 10.0. The van der Waals surface area contributed by atoms with E-state index in [0.717, 1.165) is 25.3 Å². The van der Waals surface area contributed by atoms with Crippen LogP contribution in [0.3, 0.4) is 0 Å².